The third-order valence-electron chi connectivity index (χ3n) is 3.38. The van der Waals surface area contributed by atoms with Crippen molar-refractivity contribution < 1.29 is 19.3 Å². The molecule has 0 saturated carbocycles. The Labute approximate surface area is 124 Å². The van der Waals surface area contributed by atoms with Crippen LogP contribution >= 0.6 is 0 Å². The molecule has 0 saturated heterocycles. The minimum Gasteiger partial charge on any atom is -0.497 e. The fourth-order valence-electron chi connectivity index (χ4n) is 2.16. The molecule has 0 aromatic heterocycles. The van der Waals surface area contributed by atoms with E-state index in [0.717, 1.165) is 16.9 Å². The lowest BCUT2D eigenvalue weighted by molar-refractivity contribution is 0.178. The van der Waals surface area contributed by atoms with Gasteiger partial charge in [0.25, 0.3) is 0 Å². The van der Waals surface area contributed by atoms with Gasteiger partial charge in [-0.05, 0) is 35.4 Å². The van der Waals surface area contributed by atoms with E-state index in [1.165, 1.54) is 0 Å². The first-order valence-corrected chi connectivity index (χ1v) is 6.71. The first-order chi connectivity index (χ1) is 10.2. The molecule has 0 aliphatic heterocycles. The second kappa shape index (κ2) is 6.99. The normalized spacial score (nSPS) is 11.8. The number of aliphatic hydroxyl groups excluding tert-OH is 1. The van der Waals surface area contributed by atoms with E-state index >= 15 is 0 Å². The number of rotatable bonds is 6. The van der Waals surface area contributed by atoms with Crippen LogP contribution in [0.5, 0.6) is 17.2 Å². The highest BCUT2D eigenvalue weighted by atomic mass is 16.5. The Morgan fingerprint density at radius 2 is 1.52 bits per heavy atom. The molecule has 112 valence electrons. The number of ether oxygens (including phenoxy) is 3. The SMILES string of the molecule is COc1ccc(CC(O)c2ccc(OC)c(OC)c2)cc1. The Hall–Kier alpha value is -2.20. The molecule has 0 spiro atoms. The Morgan fingerprint density at radius 3 is 2.10 bits per heavy atom. The summed E-state index contributed by atoms with van der Waals surface area (Å²) in [6.45, 7) is 0. The summed E-state index contributed by atoms with van der Waals surface area (Å²) in [6.07, 6.45) is -0.0716. The van der Waals surface area contributed by atoms with Crippen LogP contribution in [-0.2, 0) is 6.42 Å². The highest BCUT2D eigenvalue weighted by molar-refractivity contribution is 5.43. The van der Waals surface area contributed by atoms with E-state index < -0.39 is 6.10 Å². The topological polar surface area (TPSA) is 47.9 Å². The van der Waals surface area contributed by atoms with Crippen LogP contribution < -0.4 is 14.2 Å². The number of aliphatic hydroxyl groups is 1. The average molecular weight is 288 g/mol. The minimum atomic E-state index is -0.599. The maximum Gasteiger partial charge on any atom is 0.161 e. The molecule has 0 bridgehead atoms. The third-order valence-corrected chi connectivity index (χ3v) is 3.38. The fourth-order valence-corrected chi connectivity index (χ4v) is 2.16. The van der Waals surface area contributed by atoms with Gasteiger partial charge in [0.1, 0.15) is 5.75 Å². The van der Waals surface area contributed by atoms with Crippen LogP contribution in [0.1, 0.15) is 17.2 Å². The van der Waals surface area contributed by atoms with E-state index in [0.29, 0.717) is 17.9 Å². The highest BCUT2D eigenvalue weighted by Gasteiger charge is 2.12. The lowest BCUT2D eigenvalue weighted by atomic mass is 10.0. The number of hydrogen-bond donors (Lipinski definition) is 1. The molecule has 21 heavy (non-hydrogen) atoms. The Bertz CT molecular complexity index is 578. The summed E-state index contributed by atoms with van der Waals surface area (Å²) in [5.41, 5.74) is 1.83. The highest BCUT2D eigenvalue weighted by Crippen LogP contribution is 2.31. The lowest BCUT2D eigenvalue weighted by Gasteiger charge is -2.14. The molecule has 1 atom stereocenters. The van der Waals surface area contributed by atoms with E-state index in [1.807, 2.05) is 30.3 Å². The van der Waals surface area contributed by atoms with Crippen LogP contribution in [-0.4, -0.2) is 26.4 Å². The van der Waals surface area contributed by atoms with Gasteiger partial charge in [-0.1, -0.05) is 18.2 Å². The minimum absolute atomic E-state index is 0.527. The van der Waals surface area contributed by atoms with Crippen LogP contribution in [0.25, 0.3) is 0 Å². The van der Waals surface area contributed by atoms with E-state index in [4.69, 9.17) is 14.2 Å². The van der Waals surface area contributed by atoms with Gasteiger partial charge >= 0.3 is 0 Å². The zero-order valence-corrected chi connectivity index (χ0v) is 12.5. The van der Waals surface area contributed by atoms with Crippen molar-refractivity contribution in [2.75, 3.05) is 21.3 Å². The van der Waals surface area contributed by atoms with Crippen LogP contribution in [0.3, 0.4) is 0 Å². The van der Waals surface area contributed by atoms with Crippen LogP contribution in [0.4, 0.5) is 0 Å². The predicted octanol–water partition coefficient (Wildman–Crippen LogP) is 2.99. The summed E-state index contributed by atoms with van der Waals surface area (Å²) < 4.78 is 15.6. The standard InChI is InChI=1S/C17H20O4/c1-19-14-7-4-12(5-8-14)10-15(18)13-6-9-16(20-2)17(11-13)21-3/h4-9,11,15,18H,10H2,1-3H3. The molecular formula is C17H20O4. The van der Waals surface area contributed by atoms with E-state index in [1.54, 1.807) is 33.5 Å². The van der Waals surface area contributed by atoms with Crippen LogP contribution in [0, 0.1) is 0 Å². The predicted molar refractivity (Wildman–Crippen MR) is 81.2 cm³/mol. The van der Waals surface area contributed by atoms with E-state index in [2.05, 4.69) is 0 Å². The summed E-state index contributed by atoms with van der Waals surface area (Å²) in [4.78, 5) is 0. The number of benzene rings is 2. The summed E-state index contributed by atoms with van der Waals surface area (Å²) in [7, 11) is 4.80. The first-order valence-electron chi connectivity index (χ1n) is 6.71. The van der Waals surface area contributed by atoms with Gasteiger partial charge in [-0.3, -0.25) is 0 Å². The second-order valence-corrected chi connectivity index (χ2v) is 4.68. The van der Waals surface area contributed by atoms with Gasteiger partial charge in [0.15, 0.2) is 11.5 Å². The second-order valence-electron chi connectivity index (χ2n) is 4.68. The monoisotopic (exact) mass is 288 g/mol. The van der Waals surface area contributed by atoms with E-state index in [9.17, 15) is 5.11 Å². The van der Waals surface area contributed by atoms with Gasteiger partial charge in [-0.25, -0.2) is 0 Å². The maximum absolute atomic E-state index is 10.4. The van der Waals surface area contributed by atoms with Gasteiger partial charge in [0, 0.05) is 6.42 Å². The van der Waals surface area contributed by atoms with Gasteiger partial charge in [-0.15, -0.1) is 0 Å². The third kappa shape index (κ3) is 3.67. The van der Waals surface area contributed by atoms with Crippen molar-refractivity contribution in [3.8, 4) is 17.2 Å². The average Bonchev–Trinajstić information content (AvgIpc) is 2.54. The summed E-state index contributed by atoms with van der Waals surface area (Å²) in [6, 6.07) is 13.1. The molecule has 0 fully saturated rings. The molecule has 1 N–H and O–H groups in total. The smallest absolute Gasteiger partial charge is 0.161 e. The molecule has 0 heterocycles. The summed E-state index contributed by atoms with van der Waals surface area (Å²) in [5, 5.41) is 10.4. The van der Waals surface area contributed by atoms with Crippen molar-refractivity contribution in [2.24, 2.45) is 0 Å². The van der Waals surface area contributed by atoms with Crippen molar-refractivity contribution in [1.29, 1.82) is 0 Å². The molecule has 0 radical (unpaired) electrons. The largest absolute Gasteiger partial charge is 0.497 e. The summed E-state index contributed by atoms with van der Waals surface area (Å²) in [5.74, 6) is 2.07. The zero-order valence-electron chi connectivity index (χ0n) is 12.5. The van der Waals surface area contributed by atoms with Crippen molar-refractivity contribution in [3.05, 3.63) is 53.6 Å². The van der Waals surface area contributed by atoms with Crippen molar-refractivity contribution >= 4 is 0 Å². The molecule has 0 aliphatic rings. The molecule has 0 aliphatic carbocycles. The van der Waals surface area contributed by atoms with Gasteiger partial charge in [-0.2, -0.15) is 0 Å². The quantitative estimate of drug-likeness (QED) is 0.887. The Morgan fingerprint density at radius 1 is 0.857 bits per heavy atom. The lowest BCUT2D eigenvalue weighted by Crippen LogP contribution is -2.03. The molecule has 4 heteroatoms. The maximum atomic E-state index is 10.4. The van der Waals surface area contributed by atoms with Crippen molar-refractivity contribution in [2.45, 2.75) is 12.5 Å². The van der Waals surface area contributed by atoms with Gasteiger partial charge in [0.05, 0.1) is 27.4 Å². The fraction of sp³-hybridized carbons (Fsp3) is 0.294. The number of methoxy groups -OCH3 is 3. The Balaban J connectivity index is 2.13. The molecule has 2 aromatic rings. The van der Waals surface area contributed by atoms with Gasteiger partial charge < -0.3 is 19.3 Å². The summed E-state index contributed by atoms with van der Waals surface area (Å²) >= 11 is 0. The molecule has 2 aromatic carbocycles. The Kier molecular flexibility index (Phi) is 5.06. The molecular weight excluding hydrogens is 268 g/mol. The van der Waals surface area contributed by atoms with Crippen molar-refractivity contribution in [3.63, 3.8) is 0 Å². The number of hydrogen-bond acceptors (Lipinski definition) is 4. The van der Waals surface area contributed by atoms with Crippen molar-refractivity contribution in [1.82, 2.24) is 0 Å². The molecule has 0 amide bonds. The van der Waals surface area contributed by atoms with E-state index in [-0.39, 0.29) is 0 Å². The van der Waals surface area contributed by atoms with Crippen LogP contribution in [0.2, 0.25) is 0 Å². The van der Waals surface area contributed by atoms with Gasteiger partial charge in [0.2, 0.25) is 0 Å². The molecule has 2 rings (SSSR count). The first kappa shape index (κ1) is 15.2. The molecule has 1 unspecified atom stereocenters. The zero-order chi connectivity index (χ0) is 15.2. The molecule has 4 nitrogen and oxygen atoms in total. The van der Waals surface area contributed by atoms with Crippen LogP contribution in [0.15, 0.2) is 42.5 Å².